The molecule has 4 heteroatoms. The molecule has 0 aliphatic rings. The molecule has 142 valence electrons. The van der Waals surface area contributed by atoms with E-state index in [2.05, 4.69) is 65.4 Å². The van der Waals surface area contributed by atoms with E-state index in [-0.39, 0.29) is 0 Å². The first-order valence-electron chi connectivity index (χ1n) is 9.48. The van der Waals surface area contributed by atoms with Gasteiger partial charge in [0.1, 0.15) is 6.61 Å². The van der Waals surface area contributed by atoms with Crippen LogP contribution in [0.4, 0.5) is 0 Å². The number of nitrogens with one attached hydrogen (secondary N) is 1. The molecule has 2 aromatic carbocycles. The maximum atomic E-state index is 6.05. The Morgan fingerprint density at radius 3 is 2.54 bits per heavy atom. The zero-order valence-corrected chi connectivity index (χ0v) is 17.7. The minimum absolute atomic E-state index is 0.531. The lowest BCUT2D eigenvalue weighted by molar-refractivity contribution is 0.269. The lowest BCUT2D eigenvalue weighted by Crippen LogP contribution is -2.15. The third-order valence-corrected chi connectivity index (χ3v) is 4.90. The third-order valence-electron chi connectivity index (χ3n) is 4.16. The summed E-state index contributed by atoms with van der Waals surface area (Å²) in [5.41, 5.74) is 3.58. The van der Waals surface area contributed by atoms with Gasteiger partial charge in [-0.2, -0.15) is 0 Å². The SMILES string of the molecule is CCCCCNCc1cc(OCC)c(OCc2cccc(C)c2)cc1Br. The summed E-state index contributed by atoms with van der Waals surface area (Å²) < 4.78 is 12.9. The smallest absolute Gasteiger partial charge is 0.162 e. The molecule has 0 atom stereocenters. The monoisotopic (exact) mass is 419 g/mol. The Kier molecular flexibility index (Phi) is 8.99. The predicted molar refractivity (Wildman–Crippen MR) is 112 cm³/mol. The molecular weight excluding hydrogens is 390 g/mol. The summed E-state index contributed by atoms with van der Waals surface area (Å²) in [7, 11) is 0. The summed E-state index contributed by atoms with van der Waals surface area (Å²) in [6.07, 6.45) is 3.72. The van der Waals surface area contributed by atoms with Crippen LogP contribution in [0.15, 0.2) is 40.9 Å². The first kappa shape index (κ1) is 20.8. The Balaban J connectivity index is 2.04. The highest BCUT2D eigenvalue weighted by Crippen LogP contribution is 2.34. The van der Waals surface area contributed by atoms with Gasteiger partial charge >= 0.3 is 0 Å². The van der Waals surface area contributed by atoms with E-state index in [4.69, 9.17) is 9.47 Å². The highest BCUT2D eigenvalue weighted by atomic mass is 79.9. The number of unbranched alkanes of at least 4 members (excludes halogenated alkanes) is 2. The van der Waals surface area contributed by atoms with Crippen LogP contribution in [0.1, 0.15) is 49.8 Å². The van der Waals surface area contributed by atoms with Gasteiger partial charge in [0, 0.05) is 11.0 Å². The molecule has 0 saturated carbocycles. The normalized spacial score (nSPS) is 10.8. The highest BCUT2D eigenvalue weighted by Gasteiger charge is 2.11. The molecule has 0 unspecified atom stereocenters. The lowest BCUT2D eigenvalue weighted by Gasteiger charge is -2.16. The summed E-state index contributed by atoms with van der Waals surface area (Å²) >= 11 is 3.68. The molecule has 0 fully saturated rings. The zero-order chi connectivity index (χ0) is 18.8. The zero-order valence-electron chi connectivity index (χ0n) is 16.1. The summed E-state index contributed by atoms with van der Waals surface area (Å²) in [6.45, 7) is 9.32. The first-order valence-corrected chi connectivity index (χ1v) is 10.3. The van der Waals surface area contributed by atoms with E-state index in [0.717, 1.165) is 34.6 Å². The van der Waals surface area contributed by atoms with E-state index in [0.29, 0.717) is 13.2 Å². The molecule has 2 rings (SSSR count). The van der Waals surface area contributed by atoms with E-state index in [1.54, 1.807) is 0 Å². The quantitative estimate of drug-likeness (QED) is 0.451. The van der Waals surface area contributed by atoms with Gasteiger partial charge in [-0.25, -0.2) is 0 Å². The van der Waals surface area contributed by atoms with Crippen LogP contribution in [-0.4, -0.2) is 13.2 Å². The number of ether oxygens (including phenoxy) is 2. The second-order valence-electron chi connectivity index (χ2n) is 6.48. The van der Waals surface area contributed by atoms with Gasteiger partial charge in [-0.1, -0.05) is 65.5 Å². The molecule has 0 saturated heterocycles. The summed E-state index contributed by atoms with van der Waals surface area (Å²) in [4.78, 5) is 0. The van der Waals surface area contributed by atoms with Crippen molar-refractivity contribution < 1.29 is 9.47 Å². The number of rotatable bonds is 11. The molecule has 26 heavy (non-hydrogen) atoms. The Bertz CT molecular complexity index is 688. The van der Waals surface area contributed by atoms with Gasteiger partial charge in [0.2, 0.25) is 0 Å². The predicted octanol–water partition coefficient (Wildman–Crippen LogP) is 6.02. The van der Waals surface area contributed by atoms with E-state index < -0.39 is 0 Å². The van der Waals surface area contributed by atoms with Gasteiger partial charge in [0.05, 0.1) is 6.61 Å². The average Bonchev–Trinajstić information content (AvgIpc) is 2.62. The minimum atomic E-state index is 0.531. The van der Waals surface area contributed by atoms with Crippen molar-refractivity contribution in [1.29, 1.82) is 0 Å². The standard InChI is InChI=1S/C22H30BrNO2/c1-4-6-7-11-24-15-19-13-21(25-5-2)22(14-20(19)23)26-16-18-10-8-9-17(3)12-18/h8-10,12-14,24H,4-7,11,15-16H2,1-3H3. The van der Waals surface area contributed by atoms with Crippen LogP contribution >= 0.6 is 15.9 Å². The van der Waals surface area contributed by atoms with Crippen LogP contribution in [0.5, 0.6) is 11.5 Å². The van der Waals surface area contributed by atoms with E-state index in [1.165, 1.54) is 30.4 Å². The molecule has 0 radical (unpaired) electrons. The first-order chi connectivity index (χ1) is 12.6. The van der Waals surface area contributed by atoms with Crippen LogP contribution < -0.4 is 14.8 Å². The van der Waals surface area contributed by atoms with Crippen LogP contribution in [-0.2, 0) is 13.2 Å². The van der Waals surface area contributed by atoms with Crippen molar-refractivity contribution in [3.63, 3.8) is 0 Å². The van der Waals surface area contributed by atoms with Crippen molar-refractivity contribution >= 4 is 15.9 Å². The topological polar surface area (TPSA) is 30.5 Å². The number of hydrogen-bond acceptors (Lipinski definition) is 3. The molecule has 0 aliphatic carbocycles. The van der Waals surface area contributed by atoms with Crippen molar-refractivity contribution in [1.82, 2.24) is 5.32 Å². The fourth-order valence-corrected chi connectivity index (χ4v) is 3.24. The second-order valence-corrected chi connectivity index (χ2v) is 7.34. The molecular formula is C22H30BrNO2. The molecule has 1 N–H and O–H groups in total. The summed E-state index contributed by atoms with van der Waals surface area (Å²) in [5.74, 6) is 1.57. The molecule has 0 aromatic heterocycles. The van der Waals surface area contributed by atoms with Gasteiger partial charge in [0.25, 0.3) is 0 Å². The summed E-state index contributed by atoms with van der Waals surface area (Å²) in [6, 6.07) is 12.5. The summed E-state index contributed by atoms with van der Waals surface area (Å²) in [5, 5.41) is 3.50. The fourth-order valence-electron chi connectivity index (χ4n) is 2.78. The molecule has 2 aromatic rings. The molecule has 0 aliphatic heterocycles. The highest BCUT2D eigenvalue weighted by molar-refractivity contribution is 9.10. The Morgan fingerprint density at radius 1 is 1.00 bits per heavy atom. The average molecular weight is 420 g/mol. The minimum Gasteiger partial charge on any atom is -0.490 e. The second kappa shape index (κ2) is 11.2. The molecule has 0 bridgehead atoms. The fraction of sp³-hybridized carbons (Fsp3) is 0.455. The Morgan fingerprint density at radius 2 is 1.81 bits per heavy atom. The van der Waals surface area contributed by atoms with Gasteiger partial charge in [-0.05, 0) is 50.1 Å². The van der Waals surface area contributed by atoms with Crippen LogP contribution in [0.3, 0.4) is 0 Å². The van der Waals surface area contributed by atoms with E-state index >= 15 is 0 Å². The van der Waals surface area contributed by atoms with Gasteiger partial charge in [-0.15, -0.1) is 0 Å². The van der Waals surface area contributed by atoms with Gasteiger partial charge < -0.3 is 14.8 Å². The molecule has 0 heterocycles. The molecule has 0 amide bonds. The van der Waals surface area contributed by atoms with Crippen molar-refractivity contribution in [2.24, 2.45) is 0 Å². The lowest BCUT2D eigenvalue weighted by atomic mass is 10.1. The van der Waals surface area contributed by atoms with Gasteiger partial charge in [0.15, 0.2) is 11.5 Å². The number of aryl methyl sites for hydroxylation is 1. The molecule has 0 spiro atoms. The van der Waals surface area contributed by atoms with E-state index in [9.17, 15) is 0 Å². The van der Waals surface area contributed by atoms with Crippen molar-refractivity contribution in [3.8, 4) is 11.5 Å². The number of benzene rings is 2. The van der Waals surface area contributed by atoms with Crippen molar-refractivity contribution in [3.05, 3.63) is 57.6 Å². The van der Waals surface area contributed by atoms with Crippen LogP contribution in [0.25, 0.3) is 0 Å². The number of halogens is 1. The maximum Gasteiger partial charge on any atom is 0.162 e. The Hall–Kier alpha value is -1.52. The largest absolute Gasteiger partial charge is 0.490 e. The van der Waals surface area contributed by atoms with Crippen LogP contribution in [0.2, 0.25) is 0 Å². The third kappa shape index (κ3) is 6.65. The molecule has 3 nitrogen and oxygen atoms in total. The van der Waals surface area contributed by atoms with Crippen molar-refractivity contribution in [2.75, 3.05) is 13.2 Å². The maximum absolute atomic E-state index is 6.05. The van der Waals surface area contributed by atoms with Crippen molar-refractivity contribution in [2.45, 2.75) is 53.2 Å². The van der Waals surface area contributed by atoms with Crippen LogP contribution in [0, 0.1) is 6.92 Å². The van der Waals surface area contributed by atoms with E-state index in [1.807, 2.05) is 13.0 Å². The number of hydrogen-bond donors (Lipinski definition) is 1. The van der Waals surface area contributed by atoms with Gasteiger partial charge in [-0.3, -0.25) is 0 Å². The Labute approximate surface area is 166 Å².